The highest BCUT2D eigenvalue weighted by atomic mass is 35.5. The van der Waals surface area contributed by atoms with Gasteiger partial charge in [-0.3, -0.25) is 10.2 Å². The van der Waals surface area contributed by atoms with Crippen molar-refractivity contribution in [2.24, 2.45) is 0 Å². The second kappa shape index (κ2) is 12.3. The first kappa shape index (κ1) is 33.9. The van der Waals surface area contributed by atoms with E-state index in [1.54, 1.807) is 0 Å². The fourth-order valence-electron chi connectivity index (χ4n) is 2.99. The van der Waals surface area contributed by atoms with Gasteiger partial charge in [-0.2, -0.15) is 39.5 Å². The highest BCUT2D eigenvalue weighted by Gasteiger charge is 2.41. The third kappa shape index (κ3) is 9.39. The third-order valence-corrected chi connectivity index (χ3v) is 7.20. The Bertz CT molecular complexity index is 1390. The molecule has 0 saturated heterocycles. The van der Waals surface area contributed by atoms with Crippen LogP contribution in [0.2, 0.25) is 15.1 Å². The van der Waals surface area contributed by atoms with Gasteiger partial charge in [-0.15, -0.1) is 4.83 Å². The smallest absolute Gasteiger partial charge is 0.274 e. The number of halogens is 13. The van der Waals surface area contributed by atoms with Crippen molar-refractivity contribution in [3.8, 4) is 0 Å². The molecule has 1 amide bonds. The monoisotopic (exact) mass is 668 g/mol. The standard InChI is InChI=1S/C21H13Cl3F10N2O3S/c22-14-6-10(7-15(23)17(14)24)12(20(29,30)31)8-16(25)9-1-2-11(13(5-9)21(32,33)34)18(37)35-36-40(38,39)4-3-19(26,27)28/h1-2,5-8,12,36H,3-4H2,(H,35,37). The Hall–Kier alpha value is -2.27. The van der Waals surface area contributed by atoms with Crippen LogP contribution in [0.15, 0.2) is 36.4 Å². The maximum absolute atomic E-state index is 14.9. The molecular formula is C21H13Cl3F10N2O3S. The maximum atomic E-state index is 14.9. The summed E-state index contributed by atoms with van der Waals surface area (Å²) < 4.78 is 157. The molecule has 0 radical (unpaired) electrons. The van der Waals surface area contributed by atoms with Crippen molar-refractivity contribution in [3.63, 3.8) is 0 Å². The van der Waals surface area contributed by atoms with Gasteiger partial charge in [0.05, 0.1) is 38.4 Å². The van der Waals surface area contributed by atoms with Crippen LogP contribution < -0.4 is 10.3 Å². The van der Waals surface area contributed by atoms with Crippen LogP contribution in [0, 0.1) is 0 Å². The van der Waals surface area contributed by atoms with Crippen LogP contribution >= 0.6 is 34.8 Å². The molecule has 2 aromatic rings. The molecule has 0 saturated carbocycles. The summed E-state index contributed by atoms with van der Waals surface area (Å²) in [7, 11) is -4.84. The van der Waals surface area contributed by atoms with E-state index in [9.17, 15) is 57.1 Å². The Morgan fingerprint density at radius 3 is 1.95 bits per heavy atom. The van der Waals surface area contributed by atoms with Gasteiger partial charge < -0.3 is 0 Å². The highest BCUT2D eigenvalue weighted by molar-refractivity contribution is 7.89. The summed E-state index contributed by atoms with van der Waals surface area (Å²) in [5, 5.41) is -1.14. The SMILES string of the molecule is O=C(NNS(=O)(=O)CCC(F)(F)F)c1ccc(C(F)=CC(c2cc(Cl)c(Cl)c(Cl)c2)C(F)(F)F)cc1C(F)(F)F. The minimum Gasteiger partial charge on any atom is -0.274 e. The van der Waals surface area contributed by atoms with Gasteiger partial charge >= 0.3 is 18.5 Å². The summed E-state index contributed by atoms with van der Waals surface area (Å²) in [4.78, 5) is 13.4. The summed E-state index contributed by atoms with van der Waals surface area (Å²) in [6.45, 7) is 0. The molecule has 1 unspecified atom stereocenters. The molecule has 2 aromatic carbocycles. The van der Waals surface area contributed by atoms with E-state index in [0.29, 0.717) is 12.1 Å². The number of rotatable bonds is 8. The number of carbonyl (C=O) groups is 1. The van der Waals surface area contributed by atoms with E-state index in [4.69, 9.17) is 34.8 Å². The van der Waals surface area contributed by atoms with E-state index in [-0.39, 0.29) is 17.2 Å². The molecule has 0 heterocycles. The van der Waals surface area contributed by atoms with Gasteiger partial charge in [-0.05, 0) is 35.9 Å². The molecular weight excluding hydrogens is 657 g/mol. The van der Waals surface area contributed by atoms with Gasteiger partial charge in [0.15, 0.2) is 0 Å². The Morgan fingerprint density at radius 1 is 0.925 bits per heavy atom. The third-order valence-electron chi connectivity index (χ3n) is 4.85. The van der Waals surface area contributed by atoms with Crippen molar-refractivity contribution in [3.05, 3.63) is 73.7 Å². The molecule has 0 spiro atoms. The molecule has 19 heteroatoms. The van der Waals surface area contributed by atoms with Crippen molar-refractivity contribution in [2.45, 2.75) is 30.9 Å². The van der Waals surface area contributed by atoms with Crippen molar-refractivity contribution in [1.82, 2.24) is 10.3 Å². The van der Waals surface area contributed by atoms with E-state index in [2.05, 4.69) is 0 Å². The molecule has 2 rings (SSSR count). The largest absolute Gasteiger partial charge is 0.417 e. The summed E-state index contributed by atoms with van der Waals surface area (Å²) in [5.74, 6) is -7.95. The molecule has 5 nitrogen and oxygen atoms in total. The average molecular weight is 670 g/mol. The van der Waals surface area contributed by atoms with Crippen LogP contribution in [0.1, 0.15) is 39.4 Å². The lowest BCUT2D eigenvalue weighted by Crippen LogP contribution is -2.43. The molecule has 0 fully saturated rings. The summed E-state index contributed by atoms with van der Waals surface area (Å²) in [5.41, 5.74) is -3.70. The van der Waals surface area contributed by atoms with Crippen molar-refractivity contribution in [1.29, 1.82) is 0 Å². The number of carbonyl (C=O) groups excluding carboxylic acids is 1. The lowest BCUT2D eigenvalue weighted by atomic mass is 9.95. The lowest BCUT2D eigenvalue weighted by Gasteiger charge is -2.19. The zero-order chi connectivity index (χ0) is 30.8. The summed E-state index contributed by atoms with van der Waals surface area (Å²) in [6, 6.07) is 2.24. The predicted octanol–water partition coefficient (Wildman–Crippen LogP) is 7.84. The lowest BCUT2D eigenvalue weighted by molar-refractivity contribution is -0.140. The molecule has 1 atom stereocenters. The van der Waals surface area contributed by atoms with E-state index in [0.717, 1.165) is 12.1 Å². The fourth-order valence-corrected chi connectivity index (χ4v) is 4.46. The van der Waals surface area contributed by atoms with E-state index >= 15 is 0 Å². The first-order chi connectivity index (χ1) is 18.0. The van der Waals surface area contributed by atoms with Crippen LogP contribution in [0.3, 0.4) is 0 Å². The predicted molar refractivity (Wildman–Crippen MR) is 126 cm³/mol. The Labute approximate surface area is 234 Å². The van der Waals surface area contributed by atoms with Gasteiger partial charge in [0.1, 0.15) is 11.7 Å². The Morgan fingerprint density at radius 2 is 1.48 bits per heavy atom. The van der Waals surface area contributed by atoms with E-state index < -0.39 is 90.7 Å². The molecule has 0 bridgehead atoms. The second-order valence-electron chi connectivity index (χ2n) is 7.83. The molecule has 0 aromatic heterocycles. The van der Waals surface area contributed by atoms with Gasteiger partial charge in [0, 0.05) is 5.56 Å². The number of benzene rings is 2. The molecule has 0 aliphatic heterocycles. The number of hydrogen-bond donors (Lipinski definition) is 2. The number of alkyl halides is 9. The number of hydrazine groups is 1. The number of allylic oxidation sites excluding steroid dienone is 1. The number of amides is 1. The Balaban J connectivity index is 2.45. The first-order valence-electron chi connectivity index (χ1n) is 10.2. The normalized spacial score (nSPS) is 14.3. The van der Waals surface area contributed by atoms with Gasteiger partial charge in [-0.25, -0.2) is 12.8 Å². The maximum Gasteiger partial charge on any atom is 0.417 e. The van der Waals surface area contributed by atoms with Gasteiger partial charge in [0.25, 0.3) is 5.91 Å². The van der Waals surface area contributed by atoms with Gasteiger partial charge in [-0.1, -0.05) is 40.9 Å². The van der Waals surface area contributed by atoms with Crippen molar-refractivity contribution in [2.75, 3.05) is 5.75 Å². The summed E-state index contributed by atoms with van der Waals surface area (Å²) >= 11 is 17.1. The first-order valence-corrected chi connectivity index (χ1v) is 13.0. The number of sulfonamides is 1. The zero-order valence-corrected chi connectivity index (χ0v) is 22.1. The Kier molecular flexibility index (Phi) is 10.4. The van der Waals surface area contributed by atoms with Crippen molar-refractivity contribution < 1.29 is 57.1 Å². The van der Waals surface area contributed by atoms with Crippen LogP contribution in [0.4, 0.5) is 43.9 Å². The van der Waals surface area contributed by atoms with Crippen LogP contribution in [0.5, 0.6) is 0 Å². The minimum atomic E-state index is -5.42. The topological polar surface area (TPSA) is 75.3 Å². The molecule has 0 aliphatic rings. The second-order valence-corrected chi connectivity index (χ2v) is 10.9. The highest BCUT2D eigenvalue weighted by Crippen LogP contribution is 2.42. The summed E-state index contributed by atoms with van der Waals surface area (Å²) in [6.07, 6.45) is -17.4. The molecule has 40 heavy (non-hydrogen) atoms. The molecule has 0 aliphatic carbocycles. The molecule has 2 N–H and O–H groups in total. The van der Waals surface area contributed by atoms with Crippen LogP contribution in [-0.2, 0) is 16.2 Å². The van der Waals surface area contributed by atoms with Crippen LogP contribution in [-0.4, -0.2) is 32.4 Å². The van der Waals surface area contributed by atoms with Crippen LogP contribution in [0.25, 0.3) is 5.83 Å². The quantitative estimate of drug-likeness (QED) is 0.171. The van der Waals surface area contributed by atoms with Gasteiger partial charge in [0.2, 0.25) is 10.0 Å². The average Bonchev–Trinajstić information content (AvgIpc) is 2.80. The fraction of sp³-hybridized carbons (Fsp3) is 0.286. The van der Waals surface area contributed by atoms with E-state index in [1.807, 2.05) is 0 Å². The van der Waals surface area contributed by atoms with Crippen molar-refractivity contribution >= 4 is 56.6 Å². The number of nitrogens with one attached hydrogen (secondary N) is 2. The minimum absolute atomic E-state index is 0.0197. The molecule has 222 valence electrons. The zero-order valence-electron chi connectivity index (χ0n) is 19.0. The van der Waals surface area contributed by atoms with E-state index in [1.165, 1.54) is 10.3 Å². The number of hydrogen-bond acceptors (Lipinski definition) is 3.